The van der Waals surface area contributed by atoms with E-state index in [1.54, 1.807) is 0 Å². The quantitative estimate of drug-likeness (QED) is 0.0205. The average molecular weight is 1150 g/mol. The summed E-state index contributed by atoms with van der Waals surface area (Å²) in [6, 6.07) is -0.842. The number of phosphoric ester groups is 1. The van der Waals surface area contributed by atoms with Gasteiger partial charge in [-0.25, -0.2) is 4.57 Å². The summed E-state index contributed by atoms with van der Waals surface area (Å²) in [7, 11) is 1.52. The van der Waals surface area contributed by atoms with E-state index < -0.39 is 20.0 Å². The Labute approximate surface area is 498 Å². The van der Waals surface area contributed by atoms with Gasteiger partial charge >= 0.3 is 13.8 Å². The second-order valence-corrected chi connectivity index (χ2v) is 26.9. The lowest BCUT2D eigenvalue weighted by atomic mass is 10.0. The highest BCUT2D eigenvalue weighted by atomic mass is 31.2. The lowest BCUT2D eigenvalue weighted by molar-refractivity contribution is -0.870. The van der Waals surface area contributed by atoms with Crippen molar-refractivity contribution < 1.29 is 37.3 Å². The van der Waals surface area contributed by atoms with Gasteiger partial charge in [0.15, 0.2) is 0 Å². The van der Waals surface area contributed by atoms with Gasteiger partial charge in [0.25, 0.3) is 0 Å². The van der Waals surface area contributed by atoms with Crippen molar-refractivity contribution in [1.29, 1.82) is 0 Å². The van der Waals surface area contributed by atoms with E-state index in [0.717, 1.165) is 57.8 Å². The first-order valence-corrected chi connectivity index (χ1v) is 36.7. The molecule has 9 nitrogen and oxygen atoms in total. The Morgan fingerprint density at radius 1 is 0.425 bits per heavy atom. The van der Waals surface area contributed by atoms with Crippen molar-refractivity contribution in [1.82, 2.24) is 5.32 Å². The predicted molar refractivity (Wildman–Crippen MR) is 346 cm³/mol. The number of likely N-dealkylation sites (N-methyl/N-ethyl adjacent to an activating group) is 1. The number of carbonyl (C=O) groups is 2. The summed E-state index contributed by atoms with van der Waals surface area (Å²) in [6.07, 6.45) is 73.4. The molecule has 0 bridgehead atoms. The number of allylic oxidation sites excluding steroid dienone is 3. The fraction of sp³-hybridized carbons (Fsp3) is 0.914. The molecule has 0 aliphatic rings. The van der Waals surface area contributed by atoms with Gasteiger partial charge in [-0.1, -0.05) is 315 Å². The molecule has 1 amide bonds. The van der Waals surface area contributed by atoms with E-state index in [1.165, 1.54) is 270 Å². The van der Waals surface area contributed by atoms with Gasteiger partial charge in [-0.15, -0.1) is 0 Å². The molecule has 0 rings (SSSR count). The lowest BCUT2D eigenvalue weighted by Crippen LogP contribution is -2.47. The summed E-state index contributed by atoms with van der Waals surface area (Å²) in [5.41, 5.74) is 0. The fourth-order valence-electron chi connectivity index (χ4n) is 10.7. The molecule has 0 aliphatic carbocycles. The minimum atomic E-state index is -4.45. The molecular weight excluding hydrogens is 1010 g/mol. The third-order valence-corrected chi connectivity index (χ3v) is 17.1. The van der Waals surface area contributed by atoms with Crippen LogP contribution in [0, 0.1) is 0 Å². The summed E-state index contributed by atoms with van der Waals surface area (Å²) >= 11 is 0. The normalized spacial score (nSPS) is 13.6. The Morgan fingerprint density at radius 3 is 1.06 bits per heavy atom. The van der Waals surface area contributed by atoms with Crippen LogP contribution in [0.5, 0.6) is 0 Å². The number of nitrogens with one attached hydrogen (secondary N) is 1. The predicted octanol–water partition coefficient (Wildman–Crippen LogP) is 22.1. The summed E-state index contributed by atoms with van der Waals surface area (Å²) in [4.78, 5) is 37.8. The Kier molecular flexibility index (Phi) is 59.5. The number of rotatable bonds is 65. The highest BCUT2D eigenvalue weighted by Crippen LogP contribution is 2.43. The van der Waals surface area contributed by atoms with E-state index in [0.29, 0.717) is 23.9 Å². The molecule has 0 aromatic rings. The van der Waals surface area contributed by atoms with Gasteiger partial charge in [-0.05, 0) is 57.4 Å². The molecule has 0 aliphatic heterocycles. The molecule has 0 spiro atoms. The average Bonchev–Trinajstić information content (AvgIpc) is 3.42. The maximum absolute atomic E-state index is 13.6. The van der Waals surface area contributed by atoms with Crippen molar-refractivity contribution in [2.24, 2.45) is 0 Å². The van der Waals surface area contributed by atoms with Gasteiger partial charge in [0, 0.05) is 12.8 Å². The zero-order valence-electron chi connectivity index (χ0n) is 54.4. The van der Waals surface area contributed by atoms with E-state index in [4.69, 9.17) is 13.8 Å². The van der Waals surface area contributed by atoms with Crippen molar-refractivity contribution in [2.45, 2.75) is 373 Å². The largest absolute Gasteiger partial charge is 0.472 e. The van der Waals surface area contributed by atoms with Gasteiger partial charge in [-0.2, -0.15) is 0 Å². The number of esters is 1. The molecule has 0 radical (unpaired) electrons. The van der Waals surface area contributed by atoms with E-state index in [2.05, 4.69) is 38.2 Å². The van der Waals surface area contributed by atoms with E-state index in [1.807, 2.05) is 33.3 Å². The number of quaternary nitrogens is 1. The van der Waals surface area contributed by atoms with Gasteiger partial charge in [0.05, 0.1) is 33.8 Å². The van der Waals surface area contributed by atoms with E-state index in [9.17, 15) is 19.0 Å². The highest BCUT2D eigenvalue weighted by Gasteiger charge is 2.30. The van der Waals surface area contributed by atoms with E-state index in [-0.39, 0.29) is 25.1 Å². The van der Waals surface area contributed by atoms with Gasteiger partial charge < -0.3 is 19.4 Å². The van der Waals surface area contributed by atoms with Gasteiger partial charge in [0.2, 0.25) is 5.91 Å². The second kappa shape index (κ2) is 60.6. The Bertz CT molecular complexity index is 1420. The first kappa shape index (κ1) is 78.5. The van der Waals surface area contributed by atoms with Gasteiger partial charge in [0.1, 0.15) is 19.3 Å². The minimum absolute atomic E-state index is 0.0448. The van der Waals surface area contributed by atoms with Crippen LogP contribution in [0.15, 0.2) is 24.3 Å². The molecule has 0 aromatic carbocycles. The second-order valence-electron chi connectivity index (χ2n) is 25.4. The first-order valence-electron chi connectivity index (χ1n) is 35.2. The van der Waals surface area contributed by atoms with Crippen molar-refractivity contribution in [3.05, 3.63) is 24.3 Å². The molecular formula is C70H138N2O7P+. The summed E-state index contributed by atoms with van der Waals surface area (Å²) in [6.45, 7) is 7.07. The number of hydrogen-bond donors (Lipinski definition) is 2. The molecule has 2 N–H and O–H groups in total. The molecule has 0 saturated heterocycles. The number of phosphoric acid groups is 1. The van der Waals surface area contributed by atoms with Crippen LogP contribution < -0.4 is 5.32 Å². The Balaban J connectivity index is 4.96. The van der Waals surface area contributed by atoms with Gasteiger partial charge in [-0.3, -0.25) is 18.6 Å². The number of unbranched alkanes of at least 4 members (excludes halogenated alkanes) is 47. The van der Waals surface area contributed by atoms with Crippen LogP contribution in [0.1, 0.15) is 361 Å². The highest BCUT2D eigenvalue weighted by molar-refractivity contribution is 7.47. The van der Waals surface area contributed by atoms with Crippen LogP contribution >= 0.6 is 7.82 Å². The molecule has 0 heterocycles. The molecule has 0 aromatic heterocycles. The van der Waals surface area contributed by atoms with Crippen LogP contribution in [-0.2, 0) is 27.9 Å². The van der Waals surface area contributed by atoms with Crippen LogP contribution in [0.25, 0.3) is 0 Å². The molecule has 0 fully saturated rings. The van der Waals surface area contributed by atoms with E-state index >= 15 is 0 Å². The molecule has 10 heteroatoms. The Morgan fingerprint density at radius 2 is 0.725 bits per heavy atom. The maximum Gasteiger partial charge on any atom is 0.472 e. The summed E-state index contributed by atoms with van der Waals surface area (Å²) in [5, 5.41) is 3.08. The fourth-order valence-corrected chi connectivity index (χ4v) is 11.4. The molecule has 474 valence electrons. The third kappa shape index (κ3) is 61.1. The summed E-state index contributed by atoms with van der Waals surface area (Å²) in [5.74, 6) is -0.482. The number of carbonyl (C=O) groups excluding carboxylic acids is 2. The zero-order valence-corrected chi connectivity index (χ0v) is 55.2. The Hall–Kier alpha value is -1.51. The number of hydrogen-bond acceptors (Lipinski definition) is 6. The van der Waals surface area contributed by atoms with Crippen molar-refractivity contribution >= 4 is 19.7 Å². The van der Waals surface area contributed by atoms with Crippen molar-refractivity contribution in [3.63, 3.8) is 0 Å². The topological polar surface area (TPSA) is 111 Å². The zero-order chi connectivity index (χ0) is 58.6. The summed E-state index contributed by atoms with van der Waals surface area (Å²) < 4.78 is 30.8. The van der Waals surface area contributed by atoms with Crippen LogP contribution in [0.3, 0.4) is 0 Å². The molecule has 3 atom stereocenters. The monoisotopic (exact) mass is 1150 g/mol. The number of nitrogens with zero attached hydrogens (tertiary/aromatic N) is 1. The third-order valence-electron chi connectivity index (χ3n) is 16.1. The van der Waals surface area contributed by atoms with Crippen LogP contribution in [0.4, 0.5) is 0 Å². The van der Waals surface area contributed by atoms with Crippen LogP contribution in [0.2, 0.25) is 0 Å². The minimum Gasteiger partial charge on any atom is -0.456 e. The van der Waals surface area contributed by atoms with Crippen molar-refractivity contribution in [3.8, 4) is 0 Å². The number of amides is 1. The molecule has 3 unspecified atom stereocenters. The number of ether oxygens (including phenoxy) is 1. The lowest BCUT2D eigenvalue weighted by Gasteiger charge is -2.27. The standard InChI is InChI=1S/C70H137N2O7P/c1-7-10-13-16-19-22-25-28-30-31-32-33-34-35-36-37-38-39-40-41-43-44-47-50-53-56-59-62-69(73)71-67(66-78-80(75,76)77-65-64-72(4,5)6)68(61-58-55-52-49-46-27-24-21-18-15-12-9-3)79-70(74)63-60-57-54-51-48-45-42-29-26-23-20-17-14-11-8-2/h28,30,58,61,67-68H,7-27,29,31-57,59-60,62-66H2,1-6H3,(H-,71,73,75,76)/p+1/b30-28+,61-58-. The smallest absolute Gasteiger partial charge is 0.456 e. The maximum atomic E-state index is 13.6. The van der Waals surface area contributed by atoms with Crippen molar-refractivity contribution in [2.75, 3.05) is 40.9 Å². The SMILES string of the molecule is CCCCCCCC/C=C/CCCCCCCCCCCCCCCCCCCC(=O)NC(COP(=O)(O)OCC[N+](C)(C)C)C(/C=C\CCCCCCCCCCCC)OC(=O)CCCCCCCCCCCCCCCCC. The molecule has 0 saturated carbocycles. The van der Waals surface area contributed by atoms with Crippen LogP contribution in [-0.4, -0.2) is 74.3 Å². The molecule has 80 heavy (non-hydrogen) atoms. The first-order chi connectivity index (χ1) is 38.9.